The van der Waals surface area contributed by atoms with E-state index in [2.05, 4.69) is 4.72 Å². The Hall–Kier alpha value is -0.900. The molecule has 8 nitrogen and oxygen atoms in total. The highest BCUT2D eigenvalue weighted by atomic mass is 32.2. The first-order chi connectivity index (χ1) is 10.1. The molecule has 1 aliphatic heterocycles. The first-order valence-electron chi connectivity index (χ1n) is 7.19. The number of rotatable bonds is 6. The molecule has 0 aliphatic carbocycles. The second kappa shape index (κ2) is 8.09. The fraction of sp³-hybridized carbons (Fsp3) is 0.923. The number of nitrogens with one attached hydrogen (secondary N) is 1. The van der Waals surface area contributed by atoms with Gasteiger partial charge in [-0.1, -0.05) is 0 Å². The standard InChI is InChI=1S/C13H26N2O6S/c1-13(2,3)21-12(16)15-6-8-20-11(9-15)10-22(17,18)14-5-7-19-4/h11,14H,5-10H2,1-4H3. The molecule has 1 atom stereocenters. The molecule has 1 unspecified atom stereocenters. The normalized spacial score (nSPS) is 20.0. The van der Waals surface area contributed by atoms with Crippen LogP contribution < -0.4 is 4.72 Å². The fourth-order valence-corrected chi connectivity index (χ4v) is 3.12. The maximum absolute atomic E-state index is 12.0. The molecule has 0 bridgehead atoms. The van der Waals surface area contributed by atoms with E-state index >= 15 is 0 Å². The van der Waals surface area contributed by atoms with Gasteiger partial charge in [0.15, 0.2) is 0 Å². The third-order valence-corrected chi connectivity index (χ3v) is 4.28. The van der Waals surface area contributed by atoms with E-state index < -0.39 is 27.8 Å². The van der Waals surface area contributed by atoms with Crippen LogP contribution in [-0.4, -0.2) is 76.8 Å². The quantitative estimate of drug-likeness (QED) is 0.695. The number of sulfonamides is 1. The van der Waals surface area contributed by atoms with Crippen LogP contribution in [0.4, 0.5) is 4.79 Å². The first kappa shape index (κ1) is 19.1. The van der Waals surface area contributed by atoms with Crippen LogP contribution in [0.5, 0.6) is 0 Å². The summed E-state index contributed by atoms with van der Waals surface area (Å²) >= 11 is 0. The number of hydrogen-bond acceptors (Lipinski definition) is 6. The second-order valence-electron chi connectivity index (χ2n) is 6.09. The predicted molar refractivity (Wildman–Crippen MR) is 81.2 cm³/mol. The van der Waals surface area contributed by atoms with Gasteiger partial charge in [-0.15, -0.1) is 0 Å². The van der Waals surface area contributed by atoms with Gasteiger partial charge < -0.3 is 19.1 Å². The van der Waals surface area contributed by atoms with Gasteiger partial charge in [-0.2, -0.15) is 0 Å². The fourth-order valence-electron chi connectivity index (χ4n) is 1.92. The number of amides is 1. The van der Waals surface area contributed by atoms with E-state index in [1.54, 1.807) is 20.8 Å². The summed E-state index contributed by atoms with van der Waals surface area (Å²) in [4.78, 5) is 13.5. The number of carbonyl (C=O) groups is 1. The highest BCUT2D eigenvalue weighted by Gasteiger charge is 2.30. The average molecular weight is 338 g/mol. The van der Waals surface area contributed by atoms with Crippen molar-refractivity contribution in [2.24, 2.45) is 0 Å². The lowest BCUT2D eigenvalue weighted by molar-refractivity contribution is -0.0343. The summed E-state index contributed by atoms with van der Waals surface area (Å²) in [6, 6.07) is 0. The van der Waals surface area contributed by atoms with Crippen LogP contribution in [0.1, 0.15) is 20.8 Å². The molecule has 0 spiro atoms. The summed E-state index contributed by atoms with van der Waals surface area (Å²) in [5.41, 5.74) is -0.585. The van der Waals surface area contributed by atoms with Crippen LogP contribution in [0.2, 0.25) is 0 Å². The molecule has 0 aromatic heterocycles. The molecule has 0 aromatic rings. The molecule has 1 rings (SSSR count). The van der Waals surface area contributed by atoms with E-state index in [4.69, 9.17) is 14.2 Å². The van der Waals surface area contributed by atoms with Crippen molar-refractivity contribution in [2.75, 3.05) is 45.7 Å². The Morgan fingerprint density at radius 1 is 1.41 bits per heavy atom. The van der Waals surface area contributed by atoms with E-state index in [0.29, 0.717) is 13.2 Å². The molecule has 130 valence electrons. The van der Waals surface area contributed by atoms with Crippen LogP contribution >= 0.6 is 0 Å². The minimum absolute atomic E-state index is 0.195. The maximum atomic E-state index is 12.0. The molecule has 22 heavy (non-hydrogen) atoms. The molecule has 1 aliphatic rings. The molecular weight excluding hydrogens is 312 g/mol. The van der Waals surface area contributed by atoms with Gasteiger partial charge in [0, 0.05) is 20.2 Å². The lowest BCUT2D eigenvalue weighted by atomic mass is 10.2. The molecule has 9 heteroatoms. The topological polar surface area (TPSA) is 94.2 Å². The Morgan fingerprint density at radius 3 is 2.68 bits per heavy atom. The van der Waals surface area contributed by atoms with Crippen LogP contribution in [0.15, 0.2) is 0 Å². The zero-order valence-corrected chi connectivity index (χ0v) is 14.4. The van der Waals surface area contributed by atoms with Gasteiger partial charge in [0.05, 0.1) is 31.6 Å². The smallest absolute Gasteiger partial charge is 0.410 e. The van der Waals surface area contributed by atoms with Gasteiger partial charge >= 0.3 is 6.09 Å². The van der Waals surface area contributed by atoms with E-state index in [9.17, 15) is 13.2 Å². The average Bonchev–Trinajstić information content (AvgIpc) is 2.36. The summed E-state index contributed by atoms with van der Waals surface area (Å²) < 4.78 is 41.7. The van der Waals surface area contributed by atoms with Gasteiger partial charge in [0.25, 0.3) is 0 Å². The number of carbonyl (C=O) groups excluding carboxylic acids is 1. The Labute approximate surface area is 132 Å². The van der Waals surface area contributed by atoms with Crippen LogP contribution in [-0.2, 0) is 24.2 Å². The van der Waals surface area contributed by atoms with Crippen molar-refractivity contribution in [3.05, 3.63) is 0 Å². The van der Waals surface area contributed by atoms with Crippen molar-refractivity contribution in [3.8, 4) is 0 Å². The van der Waals surface area contributed by atoms with Crippen LogP contribution in [0.3, 0.4) is 0 Å². The van der Waals surface area contributed by atoms with Crippen molar-refractivity contribution < 1.29 is 27.4 Å². The second-order valence-corrected chi connectivity index (χ2v) is 7.94. The molecular formula is C13H26N2O6S. The highest BCUT2D eigenvalue weighted by Crippen LogP contribution is 2.13. The first-order valence-corrected chi connectivity index (χ1v) is 8.84. The SMILES string of the molecule is COCCNS(=O)(=O)CC1CN(C(=O)OC(C)(C)C)CCO1. The molecule has 1 amide bonds. The van der Waals surface area contributed by atoms with Gasteiger partial charge in [-0.3, -0.25) is 0 Å². The third kappa shape index (κ3) is 7.39. The van der Waals surface area contributed by atoms with Crippen LogP contribution in [0.25, 0.3) is 0 Å². The Balaban J connectivity index is 2.51. The van der Waals surface area contributed by atoms with Gasteiger partial charge in [-0.05, 0) is 20.8 Å². The van der Waals surface area contributed by atoms with Gasteiger partial charge in [0.1, 0.15) is 5.60 Å². The maximum Gasteiger partial charge on any atom is 0.410 e. The summed E-state index contributed by atoms with van der Waals surface area (Å²) in [5, 5.41) is 0. The zero-order valence-electron chi connectivity index (χ0n) is 13.6. The summed E-state index contributed by atoms with van der Waals surface area (Å²) in [6.07, 6.45) is -1.02. The molecule has 1 saturated heterocycles. The van der Waals surface area contributed by atoms with Gasteiger partial charge in [-0.25, -0.2) is 17.9 Å². The summed E-state index contributed by atoms with van der Waals surface area (Å²) in [6.45, 7) is 6.74. The van der Waals surface area contributed by atoms with Crippen molar-refractivity contribution in [1.82, 2.24) is 9.62 Å². The lowest BCUT2D eigenvalue weighted by Gasteiger charge is -2.34. The predicted octanol–water partition coefficient (Wildman–Crippen LogP) is 0.188. The monoisotopic (exact) mass is 338 g/mol. The van der Waals surface area contributed by atoms with Crippen molar-refractivity contribution in [1.29, 1.82) is 0 Å². The number of methoxy groups -OCH3 is 1. The van der Waals surface area contributed by atoms with Crippen molar-refractivity contribution in [2.45, 2.75) is 32.5 Å². The van der Waals surface area contributed by atoms with E-state index in [-0.39, 0.29) is 25.4 Å². The lowest BCUT2D eigenvalue weighted by Crippen LogP contribution is -2.50. The summed E-state index contributed by atoms with van der Waals surface area (Å²) in [7, 11) is -1.97. The molecule has 0 aromatic carbocycles. The molecule has 0 radical (unpaired) electrons. The number of hydrogen-bond donors (Lipinski definition) is 1. The number of ether oxygens (including phenoxy) is 3. The van der Waals surface area contributed by atoms with E-state index in [1.807, 2.05) is 0 Å². The Kier molecular flexibility index (Phi) is 7.04. The van der Waals surface area contributed by atoms with E-state index in [1.165, 1.54) is 12.0 Å². The Bertz CT molecular complexity index is 460. The minimum Gasteiger partial charge on any atom is -0.444 e. The van der Waals surface area contributed by atoms with Gasteiger partial charge in [0.2, 0.25) is 10.0 Å². The molecule has 1 heterocycles. The molecule has 1 N–H and O–H groups in total. The number of morpholine rings is 1. The van der Waals surface area contributed by atoms with Crippen molar-refractivity contribution >= 4 is 16.1 Å². The Morgan fingerprint density at radius 2 is 2.09 bits per heavy atom. The largest absolute Gasteiger partial charge is 0.444 e. The zero-order chi connectivity index (χ0) is 16.8. The van der Waals surface area contributed by atoms with E-state index in [0.717, 1.165) is 0 Å². The number of nitrogens with zero attached hydrogens (tertiary/aromatic N) is 1. The molecule has 0 saturated carbocycles. The summed E-state index contributed by atoms with van der Waals surface area (Å²) in [5.74, 6) is -0.198. The minimum atomic E-state index is -3.47. The van der Waals surface area contributed by atoms with Crippen molar-refractivity contribution in [3.63, 3.8) is 0 Å². The van der Waals surface area contributed by atoms with Crippen LogP contribution in [0, 0.1) is 0 Å². The third-order valence-electron chi connectivity index (χ3n) is 2.82. The highest BCUT2D eigenvalue weighted by molar-refractivity contribution is 7.89. The molecule has 1 fully saturated rings.